The van der Waals surface area contributed by atoms with E-state index in [0.29, 0.717) is 31.3 Å². The highest BCUT2D eigenvalue weighted by atomic mass is 35.5. The molecule has 2 heterocycles. The maximum absolute atomic E-state index is 12.3. The molecule has 7 nitrogen and oxygen atoms in total. The average Bonchev–Trinajstić information content (AvgIpc) is 2.66. The van der Waals surface area contributed by atoms with Gasteiger partial charge in [-0.2, -0.15) is 0 Å². The third-order valence-corrected chi connectivity index (χ3v) is 4.87. The minimum Gasteiger partial charge on any atom is -0.444 e. The van der Waals surface area contributed by atoms with Gasteiger partial charge < -0.3 is 24.6 Å². The summed E-state index contributed by atoms with van der Waals surface area (Å²) in [6.07, 6.45) is -0.259. The molecule has 8 heteroatoms. The third-order valence-electron chi connectivity index (χ3n) is 4.63. The van der Waals surface area contributed by atoms with Gasteiger partial charge in [-0.25, -0.2) is 9.78 Å². The summed E-state index contributed by atoms with van der Waals surface area (Å²) in [7, 11) is 1.67. The molecule has 1 saturated heterocycles. The molecule has 1 fully saturated rings. The molecular formula is C21H29ClN4O3. The average molecular weight is 421 g/mol. The van der Waals surface area contributed by atoms with Gasteiger partial charge in [0.25, 0.3) is 0 Å². The number of pyridine rings is 1. The van der Waals surface area contributed by atoms with Gasteiger partial charge in [0.15, 0.2) is 0 Å². The number of aromatic nitrogens is 1. The van der Waals surface area contributed by atoms with Crippen molar-refractivity contribution in [2.75, 3.05) is 56.7 Å². The first-order valence-corrected chi connectivity index (χ1v) is 10.2. The van der Waals surface area contributed by atoms with E-state index < -0.39 is 5.60 Å². The second kappa shape index (κ2) is 9.05. The molecule has 1 aliphatic rings. The van der Waals surface area contributed by atoms with E-state index in [9.17, 15) is 4.79 Å². The van der Waals surface area contributed by atoms with Crippen molar-refractivity contribution < 1.29 is 14.3 Å². The van der Waals surface area contributed by atoms with E-state index in [-0.39, 0.29) is 6.09 Å². The highest BCUT2D eigenvalue weighted by Crippen LogP contribution is 2.31. The Balaban J connectivity index is 1.79. The van der Waals surface area contributed by atoms with Gasteiger partial charge in [-0.05, 0) is 39.0 Å². The third kappa shape index (κ3) is 5.64. The summed E-state index contributed by atoms with van der Waals surface area (Å²) in [6, 6.07) is 7.80. The Bertz CT molecular complexity index is 861. The molecule has 0 radical (unpaired) electrons. The predicted molar refractivity (Wildman–Crippen MR) is 117 cm³/mol. The summed E-state index contributed by atoms with van der Waals surface area (Å²) in [4.78, 5) is 21.1. The lowest BCUT2D eigenvalue weighted by Crippen LogP contribution is -2.50. The molecule has 1 amide bonds. The van der Waals surface area contributed by atoms with Crippen molar-refractivity contribution in [2.45, 2.75) is 26.4 Å². The number of anilines is 2. The van der Waals surface area contributed by atoms with Crippen molar-refractivity contribution in [3.8, 4) is 0 Å². The number of amides is 1. The maximum atomic E-state index is 12.3. The van der Waals surface area contributed by atoms with Gasteiger partial charge in [0.05, 0.1) is 12.1 Å². The molecular weight excluding hydrogens is 392 g/mol. The minimum absolute atomic E-state index is 0.259. The van der Waals surface area contributed by atoms with E-state index in [0.717, 1.165) is 35.5 Å². The normalized spacial score (nSPS) is 14.9. The maximum Gasteiger partial charge on any atom is 0.410 e. The van der Waals surface area contributed by atoms with Crippen LogP contribution in [0.15, 0.2) is 24.3 Å². The van der Waals surface area contributed by atoms with Gasteiger partial charge in [-0.1, -0.05) is 11.6 Å². The number of ether oxygens (including phenoxy) is 2. The summed E-state index contributed by atoms with van der Waals surface area (Å²) < 4.78 is 10.6. The first-order chi connectivity index (χ1) is 13.8. The van der Waals surface area contributed by atoms with Crippen LogP contribution in [0.2, 0.25) is 5.02 Å². The Labute approximate surface area is 176 Å². The standard InChI is InChI=1S/C21H29ClN4O3/c1-21(2,3)29-20(27)26-10-8-25(9-11-26)18-14-19(23-7-12-28-4)24-17-13-15(22)5-6-16(17)18/h5-6,13-14H,7-12H2,1-4H3,(H,23,24). The van der Waals surface area contributed by atoms with Gasteiger partial charge in [0, 0.05) is 62.0 Å². The zero-order chi connectivity index (χ0) is 21.0. The van der Waals surface area contributed by atoms with Crippen molar-refractivity contribution in [1.82, 2.24) is 9.88 Å². The van der Waals surface area contributed by atoms with Crippen LogP contribution in [0, 0.1) is 0 Å². The number of halogens is 1. The summed E-state index contributed by atoms with van der Waals surface area (Å²) in [5.41, 5.74) is 1.43. The number of hydrogen-bond acceptors (Lipinski definition) is 6. The molecule has 0 unspecified atom stereocenters. The highest BCUT2D eigenvalue weighted by Gasteiger charge is 2.26. The molecule has 1 aromatic carbocycles. The Morgan fingerprint density at radius 1 is 1.21 bits per heavy atom. The van der Waals surface area contributed by atoms with E-state index in [2.05, 4.69) is 21.3 Å². The molecule has 1 aromatic heterocycles. The molecule has 2 aromatic rings. The van der Waals surface area contributed by atoms with Gasteiger partial charge in [-0.15, -0.1) is 0 Å². The van der Waals surface area contributed by atoms with Crippen LogP contribution in [0.5, 0.6) is 0 Å². The first-order valence-electron chi connectivity index (χ1n) is 9.83. The fourth-order valence-corrected chi connectivity index (χ4v) is 3.44. The number of piperazine rings is 1. The molecule has 3 rings (SSSR count). The van der Waals surface area contributed by atoms with Crippen LogP contribution in [-0.4, -0.2) is 68.0 Å². The zero-order valence-corrected chi connectivity index (χ0v) is 18.3. The van der Waals surface area contributed by atoms with Gasteiger partial charge in [-0.3, -0.25) is 0 Å². The fourth-order valence-electron chi connectivity index (χ4n) is 3.27. The van der Waals surface area contributed by atoms with Crippen LogP contribution in [0.25, 0.3) is 10.9 Å². The molecule has 1 aliphatic heterocycles. The lowest BCUT2D eigenvalue weighted by molar-refractivity contribution is 0.0240. The molecule has 158 valence electrons. The number of fused-ring (bicyclic) bond motifs is 1. The summed E-state index contributed by atoms with van der Waals surface area (Å²) in [6.45, 7) is 9.57. The lowest BCUT2D eigenvalue weighted by Gasteiger charge is -2.37. The monoisotopic (exact) mass is 420 g/mol. The number of rotatable bonds is 5. The van der Waals surface area contributed by atoms with Gasteiger partial charge in [0.1, 0.15) is 11.4 Å². The largest absolute Gasteiger partial charge is 0.444 e. The minimum atomic E-state index is -0.489. The lowest BCUT2D eigenvalue weighted by atomic mass is 10.1. The van der Waals surface area contributed by atoms with Crippen molar-refractivity contribution in [1.29, 1.82) is 0 Å². The topological polar surface area (TPSA) is 66.9 Å². The Kier molecular flexibility index (Phi) is 6.70. The van der Waals surface area contributed by atoms with E-state index >= 15 is 0 Å². The van der Waals surface area contributed by atoms with Crippen molar-refractivity contribution >= 4 is 40.1 Å². The van der Waals surface area contributed by atoms with E-state index in [4.69, 9.17) is 21.1 Å². The molecule has 1 N–H and O–H groups in total. The van der Waals surface area contributed by atoms with Crippen LogP contribution >= 0.6 is 11.6 Å². The van der Waals surface area contributed by atoms with E-state index in [1.165, 1.54) is 0 Å². The first kappa shape index (κ1) is 21.5. The van der Waals surface area contributed by atoms with Crippen molar-refractivity contribution in [3.63, 3.8) is 0 Å². The van der Waals surface area contributed by atoms with Crippen LogP contribution in [0.4, 0.5) is 16.3 Å². The SMILES string of the molecule is COCCNc1cc(N2CCN(C(=O)OC(C)(C)C)CC2)c2ccc(Cl)cc2n1. The van der Waals surface area contributed by atoms with Crippen LogP contribution in [0.3, 0.4) is 0 Å². The molecule has 0 aliphatic carbocycles. The van der Waals surface area contributed by atoms with Crippen molar-refractivity contribution in [3.05, 3.63) is 29.3 Å². The molecule has 0 bridgehead atoms. The summed E-state index contributed by atoms with van der Waals surface area (Å²) in [5.74, 6) is 0.779. The number of carbonyl (C=O) groups excluding carboxylic acids is 1. The summed E-state index contributed by atoms with van der Waals surface area (Å²) >= 11 is 6.19. The van der Waals surface area contributed by atoms with Gasteiger partial charge >= 0.3 is 6.09 Å². The number of hydrogen-bond donors (Lipinski definition) is 1. The highest BCUT2D eigenvalue weighted by molar-refractivity contribution is 6.31. The number of carbonyl (C=O) groups is 1. The number of nitrogens with one attached hydrogen (secondary N) is 1. The van der Waals surface area contributed by atoms with Crippen LogP contribution in [0.1, 0.15) is 20.8 Å². The van der Waals surface area contributed by atoms with E-state index in [1.807, 2.05) is 39.0 Å². The van der Waals surface area contributed by atoms with Crippen molar-refractivity contribution in [2.24, 2.45) is 0 Å². The van der Waals surface area contributed by atoms with Gasteiger partial charge in [0.2, 0.25) is 0 Å². The smallest absolute Gasteiger partial charge is 0.410 e. The second-order valence-electron chi connectivity index (χ2n) is 8.06. The quantitative estimate of drug-likeness (QED) is 0.737. The molecule has 29 heavy (non-hydrogen) atoms. The summed E-state index contributed by atoms with van der Waals surface area (Å²) in [5, 5.41) is 4.99. The zero-order valence-electron chi connectivity index (χ0n) is 17.5. The second-order valence-corrected chi connectivity index (χ2v) is 8.50. The molecule has 0 spiro atoms. The van der Waals surface area contributed by atoms with Crippen LogP contribution in [-0.2, 0) is 9.47 Å². The Morgan fingerprint density at radius 3 is 2.59 bits per heavy atom. The molecule has 0 saturated carbocycles. The van der Waals surface area contributed by atoms with E-state index in [1.54, 1.807) is 12.0 Å². The number of nitrogens with zero attached hydrogens (tertiary/aromatic N) is 3. The number of benzene rings is 1. The van der Waals surface area contributed by atoms with Crippen LogP contribution < -0.4 is 10.2 Å². The number of methoxy groups -OCH3 is 1. The Morgan fingerprint density at radius 2 is 1.93 bits per heavy atom. The Hall–Kier alpha value is -2.25. The predicted octanol–water partition coefficient (Wildman–Crippen LogP) is 4.00. The fraction of sp³-hybridized carbons (Fsp3) is 0.524. The molecule has 0 atom stereocenters.